The topological polar surface area (TPSA) is 29.9 Å². The highest BCUT2D eigenvalue weighted by molar-refractivity contribution is 5.36. The molecule has 1 unspecified atom stereocenters. The fourth-order valence-corrected chi connectivity index (χ4v) is 2.91. The number of hydrogen-bond donors (Lipinski definition) is 1. The summed E-state index contributed by atoms with van der Waals surface area (Å²) in [6, 6.07) is 9.28. The van der Waals surface area contributed by atoms with Crippen LogP contribution in [0.2, 0.25) is 0 Å². The van der Waals surface area contributed by atoms with E-state index in [-0.39, 0.29) is 0 Å². The van der Waals surface area contributed by atoms with E-state index in [0.717, 1.165) is 24.6 Å². The molecular weight excluding hydrogens is 234 g/mol. The van der Waals surface area contributed by atoms with Crippen LogP contribution < -0.4 is 5.32 Å². The zero-order chi connectivity index (χ0) is 13.2. The predicted molar refractivity (Wildman–Crippen MR) is 78.5 cm³/mol. The first-order chi connectivity index (χ1) is 9.26. The number of rotatable bonds is 3. The minimum atomic E-state index is 0.502. The molecule has 1 aliphatic carbocycles. The van der Waals surface area contributed by atoms with Crippen LogP contribution in [0.4, 0.5) is 5.95 Å². The van der Waals surface area contributed by atoms with E-state index in [1.807, 2.05) is 6.92 Å². The van der Waals surface area contributed by atoms with Crippen molar-refractivity contribution in [1.82, 2.24) is 9.55 Å². The maximum atomic E-state index is 4.58. The van der Waals surface area contributed by atoms with Crippen molar-refractivity contribution in [2.45, 2.75) is 45.7 Å². The third-order valence-electron chi connectivity index (χ3n) is 3.92. The van der Waals surface area contributed by atoms with Gasteiger partial charge in [0.25, 0.3) is 0 Å². The van der Waals surface area contributed by atoms with E-state index in [1.54, 1.807) is 0 Å². The lowest BCUT2D eigenvalue weighted by molar-refractivity contribution is 0.599. The second-order valence-corrected chi connectivity index (χ2v) is 5.34. The van der Waals surface area contributed by atoms with Gasteiger partial charge in [-0.05, 0) is 44.2 Å². The Balaban J connectivity index is 1.75. The van der Waals surface area contributed by atoms with Gasteiger partial charge in [0, 0.05) is 18.8 Å². The van der Waals surface area contributed by atoms with Crippen LogP contribution in [-0.4, -0.2) is 15.6 Å². The molecule has 0 bridgehead atoms. The average molecular weight is 255 g/mol. The van der Waals surface area contributed by atoms with Gasteiger partial charge in [-0.25, -0.2) is 4.98 Å². The van der Waals surface area contributed by atoms with Crippen molar-refractivity contribution in [1.29, 1.82) is 0 Å². The fourth-order valence-electron chi connectivity index (χ4n) is 2.91. The standard InChI is InChI=1S/C16H21N3/c1-3-19-11-12(2)17-16(19)18-15-9-8-13-6-4-5-7-14(13)10-15/h4-7,11,15H,3,8-10H2,1-2H3,(H,17,18). The number of anilines is 1. The smallest absolute Gasteiger partial charge is 0.203 e. The Morgan fingerprint density at radius 1 is 1.32 bits per heavy atom. The summed E-state index contributed by atoms with van der Waals surface area (Å²) in [5, 5.41) is 3.61. The number of nitrogens with zero attached hydrogens (tertiary/aromatic N) is 2. The van der Waals surface area contributed by atoms with E-state index < -0.39 is 0 Å². The second kappa shape index (κ2) is 5.08. The van der Waals surface area contributed by atoms with Gasteiger partial charge in [-0.3, -0.25) is 0 Å². The van der Waals surface area contributed by atoms with Crippen LogP contribution >= 0.6 is 0 Å². The van der Waals surface area contributed by atoms with Crippen LogP contribution in [0.25, 0.3) is 0 Å². The number of nitrogens with one attached hydrogen (secondary N) is 1. The first-order valence-electron chi connectivity index (χ1n) is 7.13. The zero-order valence-electron chi connectivity index (χ0n) is 11.7. The van der Waals surface area contributed by atoms with Gasteiger partial charge in [0.1, 0.15) is 0 Å². The molecule has 1 aromatic heterocycles. The van der Waals surface area contributed by atoms with Crippen LogP contribution in [-0.2, 0) is 19.4 Å². The van der Waals surface area contributed by atoms with Crippen LogP contribution in [0.5, 0.6) is 0 Å². The van der Waals surface area contributed by atoms with Gasteiger partial charge < -0.3 is 9.88 Å². The van der Waals surface area contributed by atoms with Crippen LogP contribution in [0.15, 0.2) is 30.5 Å². The second-order valence-electron chi connectivity index (χ2n) is 5.34. The monoisotopic (exact) mass is 255 g/mol. The maximum Gasteiger partial charge on any atom is 0.203 e. The van der Waals surface area contributed by atoms with Crippen molar-refractivity contribution in [2.24, 2.45) is 0 Å². The fraction of sp³-hybridized carbons (Fsp3) is 0.438. The van der Waals surface area contributed by atoms with E-state index >= 15 is 0 Å². The molecule has 0 saturated carbocycles. The summed E-state index contributed by atoms with van der Waals surface area (Å²) >= 11 is 0. The molecule has 0 radical (unpaired) electrons. The van der Waals surface area contributed by atoms with E-state index in [0.29, 0.717) is 6.04 Å². The number of aryl methyl sites for hydroxylation is 3. The molecule has 1 aromatic carbocycles. The molecule has 3 heteroatoms. The van der Waals surface area contributed by atoms with Crippen LogP contribution in [0.3, 0.4) is 0 Å². The van der Waals surface area contributed by atoms with E-state index in [1.165, 1.54) is 24.0 Å². The average Bonchev–Trinajstić information content (AvgIpc) is 2.78. The number of aromatic nitrogens is 2. The van der Waals surface area contributed by atoms with Gasteiger partial charge in [0.05, 0.1) is 5.69 Å². The van der Waals surface area contributed by atoms with E-state index in [9.17, 15) is 0 Å². The molecule has 1 atom stereocenters. The van der Waals surface area contributed by atoms with Gasteiger partial charge in [-0.15, -0.1) is 0 Å². The Bertz CT molecular complexity index is 571. The first-order valence-corrected chi connectivity index (χ1v) is 7.13. The third kappa shape index (κ3) is 2.50. The Hall–Kier alpha value is -1.77. The Morgan fingerprint density at radius 3 is 2.89 bits per heavy atom. The minimum absolute atomic E-state index is 0.502. The lowest BCUT2D eigenvalue weighted by Gasteiger charge is -2.26. The molecule has 1 N–H and O–H groups in total. The molecule has 0 aliphatic heterocycles. The normalized spacial score (nSPS) is 18.1. The molecule has 0 amide bonds. The van der Waals surface area contributed by atoms with Crippen molar-refractivity contribution in [3.8, 4) is 0 Å². The van der Waals surface area contributed by atoms with Crippen molar-refractivity contribution >= 4 is 5.95 Å². The quantitative estimate of drug-likeness (QED) is 0.913. The summed E-state index contributed by atoms with van der Waals surface area (Å²) < 4.78 is 2.19. The molecule has 3 nitrogen and oxygen atoms in total. The SMILES string of the molecule is CCn1cc(C)nc1NC1CCc2ccccc2C1. The lowest BCUT2D eigenvalue weighted by Crippen LogP contribution is -2.28. The number of benzene rings is 1. The molecule has 2 aromatic rings. The number of hydrogen-bond acceptors (Lipinski definition) is 2. The zero-order valence-corrected chi connectivity index (χ0v) is 11.7. The number of imidazole rings is 1. The highest BCUT2D eigenvalue weighted by Gasteiger charge is 2.19. The summed E-state index contributed by atoms with van der Waals surface area (Å²) in [5.74, 6) is 1.02. The summed E-state index contributed by atoms with van der Waals surface area (Å²) in [7, 11) is 0. The minimum Gasteiger partial charge on any atom is -0.353 e. The molecule has 100 valence electrons. The van der Waals surface area contributed by atoms with Gasteiger partial charge in [0.15, 0.2) is 0 Å². The highest BCUT2D eigenvalue weighted by atomic mass is 15.2. The lowest BCUT2D eigenvalue weighted by atomic mass is 9.88. The maximum absolute atomic E-state index is 4.58. The van der Waals surface area contributed by atoms with E-state index in [2.05, 4.69) is 52.3 Å². The Kier molecular flexibility index (Phi) is 3.28. The third-order valence-corrected chi connectivity index (χ3v) is 3.92. The summed E-state index contributed by atoms with van der Waals surface area (Å²) in [6.45, 7) is 5.17. The molecule has 3 rings (SSSR count). The Labute approximate surface area is 114 Å². The van der Waals surface area contributed by atoms with Crippen LogP contribution in [0, 0.1) is 6.92 Å². The summed E-state index contributed by atoms with van der Waals surface area (Å²) in [4.78, 5) is 4.58. The van der Waals surface area contributed by atoms with Crippen LogP contribution in [0.1, 0.15) is 30.2 Å². The molecule has 0 fully saturated rings. The Morgan fingerprint density at radius 2 is 2.11 bits per heavy atom. The van der Waals surface area contributed by atoms with Gasteiger partial charge in [-0.1, -0.05) is 24.3 Å². The number of fused-ring (bicyclic) bond motifs is 1. The summed E-state index contributed by atoms with van der Waals surface area (Å²) in [5.41, 5.74) is 4.08. The van der Waals surface area contributed by atoms with Crippen molar-refractivity contribution in [3.05, 3.63) is 47.3 Å². The molecule has 0 spiro atoms. The van der Waals surface area contributed by atoms with E-state index in [4.69, 9.17) is 0 Å². The van der Waals surface area contributed by atoms with Gasteiger partial charge in [0.2, 0.25) is 5.95 Å². The van der Waals surface area contributed by atoms with Crippen molar-refractivity contribution in [3.63, 3.8) is 0 Å². The molecule has 1 heterocycles. The van der Waals surface area contributed by atoms with Gasteiger partial charge >= 0.3 is 0 Å². The predicted octanol–water partition coefficient (Wildman–Crippen LogP) is 3.18. The van der Waals surface area contributed by atoms with Crippen molar-refractivity contribution in [2.75, 3.05) is 5.32 Å². The molecule has 0 saturated heterocycles. The summed E-state index contributed by atoms with van der Waals surface area (Å²) in [6.07, 6.45) is 5.57. The highest BCUT2D eigenvalue weighted by Crippen LogP contribution is 2.23. The molecule has 19 heavy (non-hydrogen) atoms. The first kappa shape index (κ1) is 12.3. The van der Waals surface area contributed by atoms with Gasteiger partial charge in [-0.2, -0.15) is 0 Å². The molecular formula is C16H21N3. The molecule has 1 aliphatic rings. The van der Waals surface area contributed by atoms with Crippen molar-refractivity contribution < 1.29 is 0 Å². The largest absolute Gasteiger partial charge is 0.353 e.